The van der Waals surface area contributed by atoms with Gasteiger partial charge in [0, 0.05) is 6.04 Å². The Labute approximate surface area is 109 Å². The highest BCUT2D eigenvalue weighted by Gasteiger charge is 2.28. The maximum atomic E-state index is 6.23. The largest absolute Gasteiger partial charge is 0.455 e. The summed E-state index contributed by atoms with van der Waals surface area (Å²) in [5.41, 5.74) is 0. The van der Waals surface area contributed by atoms with E-state index in [1.54, 1.807) is 0 Å². The highest BCUT2D eigenvalue weighted by Crippen LogP contribution is 2.16. The van der Waals surface area contributed by atoms with Crippen molar-refractivity contribution in [3.63, 3.8) is 0 Å². The van der Waals surface area contributed by atoms with Crippen LogP contribution in [0.4, 0.5) is 0 Å². The van der Waals surface area contributed by atoms with Gasteiger partial charge in [-0.3, -0.25) is 9.98 Å². The molecule has 0 rings (SSSR count). The van der Waals surface area contributed by atoms with Crippen LogP contribution in [0.15, 0.2) is 9.98 Å². The summed E-state index contributed by atoms with van der Waals surface area (Å²) in [5.74, 6) is 0. The number of aliphatic imine (C=N–C) groups is 2. The average molecular weight is 273 g/mol. The molecule has 0 amide bonds. The Morgan fingerprint density at radius 2 is 1.47 bits per heavy atom. The van der Waals surface area contributed by atoms with Crippen molar-refractivity contribution in [3.8, 4) is 0 Å². The Morgan fingerprint density at radius 3 is 1.94 bits per heavy atom. The molecule has 0 fully saturated rings. The molecule has 17 heavy (non-hydrogen) atoms. The van der Waals surface area contributed by atoms with Gasteiger partial charge in [-0.2, -0.15) is 0 Å². The third-order valence-electron chi connectivity index (χ3n) is 1.96. The predicted molar refractivity (Wildman–Crippen MR) is 83.7 cm³/mol. The molecule has 0 unspecified atom stereocenters. The van der Waals surface area contributed by atoms with Crippen LogP contribution in [0.2, 0.25) is 38.8 Å². The zero-order valence-electron chi connectivity index (χ0n) is 12.3. The minimum absolute atomic E-state index is 0.800. The van der Waals surface area contributed by atoms with E-state index >= 15 is 0 Å². The molecule has 0 saturated heterocycles. The van der Waals surface area contributed by atoms with E-state index < -0.39 is 16.6 Å². The lowest BCUT2D eigenvalue weighted by atomic mass is 10.5. The van der Waals surface area contributed by atoms with E-state index in [2.05, 4.69) is 49.6 Å². The summed E-state index contributed by atoms with van der Waals surface area (Å²) in [7, 11) is -2.94. The first-order chi connectivity index (χ1) is 7.77. The van der Waals surface area contributed by atoms with Crippen LogP contribution in [0.1, 0.15) is 13.3 Å². The number of rotatable bonds is 8. The van der Waals surface area contributed by atoms with E-state index in [1.807, 2.05) is 12.4 Å². The monoisotopic (exact) mass is 272 g/mol. The third kappa shape index (κ3) is 12.0. The fourth-order valence-corrected chi connectivity index (χ4v) is 9.12. The summed E-state index contributed by atoms with van der Waals surface area (Å²) in [5, 5.41) is 0. The van der Waals surface area contributed by atoms with E-state index in [9.17, 15) is 0 Å². The zero-order valence-corrected chi connectivity index (χ0v) is 14.3. The van der Waals surface area contributed by atoms with Gasteiger partial charge in [-0.1, -0.05) is 6.92 Å². The van der Waals surface area contributed by atoms with Crippen molar-refractivity contribution in [1.82, 2.24) is 0 Å². The lowest BCUT2D eigenvalue weighted by Gasteiger charge is -2.30. The fourth-order valence-electron chi connectivity index (χ4n) is 1.58. The SMILES string of the molecule is CCC=NCCN=CC[Si](C)(C)O[Si](C)(C)C. The first kappa shape index (κ1) is 16.7. The summed E-state index contributed by atoms with van der Waals surface area (Å²) >= 11 is 0. The van der Waals surface area contributed by atoms with E-state index in [-0.39, 0.29) is 0 Å². The molecule has 0 aromatic rings. The van der Waals surface area contributed by atoms with Gasteiger partial charge >= 0.3 is 0 Å². The molecule has 0 aliphatic heterocycles. The smallest absolute Gasteiger partial charge is 0.178 e. The predicted octanol–water partition coefficient (Wildman–Crippen LogP) is 3.59. The molecule has 100 valence electrons. The molecule has 5 heteroatoms. The molecule has 0 aromatic heterocycles. The molecule has 0 N–H and O–H groups in total. The summed E-state index contributed by atoms with van der Waals surface area (Å²) in [4.78, 5) is 8.62. The maximum absolute atomic E-state index is 6.23. The Hall–Kier alpha value is -0.266. The van der Waals surface area contributed by atoms with Crippen molar-refractivity contribution >= 4 is 29.1 Å². The second kappa shape index (κ2) is 7.95. The van der Waals surface area contributed by atoms with E-state index in [0.29, 0.717) is 0 Å². The summed E-state index contributed by atoms with van der Waals surface area (Å²) in [6, 6.07) is 1.01. The van der Waals surface area contributed by atoms with E-state index in [1.165, 1.54) is 0 Å². The van der Waals surface area contributed by atoms with Gasteiger partial charge in [-0.05, 0) is 51.6 Å². The number of nitrogens with zero attached hydrogens (tertiary/aromatic N) is 2. The first-order valence-electron chi connectivity index (χ1n) is 6.43. The minimum atomic E-state index is -1.54. The number of hydrogen-bond donors (Lipinski definition) is 0. The Bertz CT molecular complexity index is 258. The van der Waals surface area contributed by atoms with Crippen LogP contribution in [-0.2, 0) is 4.12 Å². The van der Waals surface area contributed by atoms with Crippen LogP contribution >= 0.6 is 0 Å². The van der Waals surface area contributed by atoms with Gasteiger partial charge in [0.05, 0.1) is 13.1 Å². The van der Waals surface area contributed by atoms with Gasteiger partial charge in [0.1, 0.15) is 0 Å². The second-order valence-electron chi connectivity index (χ2n) is 5.76. The topological polar surface area (TPSA) is 34.0 Å². The molecule has 0 spiro atoms. The molecule has 0 bridgehead atoms. The lowest BCUT2D eigenvalue weighted by Crippen LogP contribution is -2.42. The Kier molecular flexibility index (Phi) is 7.82. The van der Waals surface area contributed by atoms with Crippen molar-refractivity contribution in [3.05, 3.63) is 0 Å². The van der Waals surface area contributed by atoms with Crippen LogP contribution in [0, 0.1) is 0 Å². The summed E-state index contributed by atoms with van der Waals surface area (Å²) < 4.78 is 6.23. The van der Waals surface area contributed by atoms with Crippen LogP contribution in [0.5, 0.6) is 0 Å². The maximum Gasteiger partial charge on any atom is 0.178 e. The lowest BCUT2D eigenvalue weighted by molar-refractivity contribution is 0.555. The van der Waals surface area contributed by atoms with Crippen molar-refractivity contribution in [2.24, 2.45) is 9.98 Å². The average Bonchev–Trinajstić information content (AvgIpc) is 2.12. The minimum Gasteiger partial charge on any atom is -0.455 e. The summed E-state index contributed by atoms with van der Waals surface area (Å²) in [6.07, 6.45) is 4.99. The molecule has 0 aliphatic carbocycles. The highest BCUT2D eigenvalue weighted by molar-refractivity contribution is 6.85. The van der Waals surface area contributed by atoms with Gasteiger partial charge in [0.25, 0.3) is 0 Å². The molecule has 0 saturated carbocycles. The van der Waals surface area contributed by atoms with Crippen LogP contribution < -0.4 is 0 Å². The van der Waals surface area contributed by atoms with E-state index in [4.69, 9.17) is 4.12 Å². The standard InChI is InChI=1S/C12H28N2OSi2/c1-7-8-13-9-10-14-11-12-17(5,6)15-16(2,3)4/h8,11H,7,9-10,12H2,1-6H3. The molecule has 0 aromatic carbocycles. The van der Waals surface area contributed by atoms with Crippen LogP contribution in [0.3, 0.4) is 0 Å². The highest BCUT2D eigenvalue weighted by atomic mass is 28.4. The van der Waals surface area contributed by atoms with Crippen LogP contribution in [0.25, 0.3) is 0 Å². The van der Waals surface area contributed by atoms with Gasteiger partial charge in [-0.25, -0.2) is 0 Å². The quantitative estimate of drug-likeness (QED) is 0.378. The van der Waals surface area contributed by atoms with Crippen molar-refractivity contribution in [2.75, 3.05) is 13.1 Å². The van der Waals surface area contributed by atoms with E-state index in [0.717, 1.165) is 25.6 Å². The fraction of sp³-hybridized carbons (Fsp3) is 0.833. The van der Waals surface area contributed by atoms with Crippen molar-refractivity contribution in [1.29, 1.82) is 0 Å². The molecule has 3 nitrogen and oxygen atoms in total. The second-order valence-corrected chi connectivity index (χ2v) is 14.7. The molecular formula is C12H28N2OSi2. The first-order valence-corrected chi connectivity index (χ1v) is 13.0. The normalized spacial score (nSPS) is 14.0. The van der Waals surface area contributed by atoms with Crippen LogP contribution in [-0.4, -0.2) is 42.2 Å². The van der Waals surface area contributed by atoms with Crippen molar-refractivity contribution in [2.45, 2.75) is 52.1 Å². The molecular weight excluding hydrogens is 244 g/mol. The van der Waals surface area contributed by atoms with Gasteiger partial charge in [-0.15, -0.1) is 0 Å². The Balaban J connectivity index is 3.85. The zero-order chi connectivity index (χ0) is 13.4. The molecule has 0 aliphatic rings. The van der Waals surface area contributed by atoms with Gasteiger partial charge < -0.3 is 4.12 Å². The Morgan fingerprint density at radius 1 is 0.941 bits per heavy atom. The van der Waals surface area contributed by atoms with Crippen molar-refractivity contribution < 1.29 is 4.12 Å². The van der Waals surface area contributed by atoms with Gasteiger partial charge in [0.2, 0.25) is 0 Å². The van der Waals surface area contributed by atoms with Gasteiger partial charge in [0.15, 0.2) is 16.6 Å². The summed E-state index contributed by atoms with van der Waals surface area (Å²) in [6.45, 7) is 15.0. The molecule has 0 atom stereocenters. The molecule has 0 radical (unpaired) electrons. The third-order valence-corrected chi connectivity index (χ3v) is 7.79. The number of hydrogen-bond acceptors (Lipinski definition) is 3. The molecule has 0 heterocycles.